The van der Waals surface area contributed by atoms with Crippen molar-refractivity contribution in [2.24, 2.45) is 5.73 Å². The highest BCUT2D eigenvalue weighted by Gasteiger charge is 2.28. The van der Waals surface area contributed by atoms with Crippen LogP contribution in [0.5, 0.6) is 0 Å². The van der Waals surface area contributed by atoms with Gasteiger partial charge in [-0.15, -0.1) is 6.58 Å². The molecule has 2 N–H and O–H groups in total. The van der Waals surface area contributed by atoms with Crippen LogP contribution in [-0.4, -0.2) is 0 Å². The molecule has 0 fully saturated rings. The van der Waals surface area contributed by atoms with Gasteiger partial charge in [-0.1, -0.05) is 30.3 Å². The summed E-state index contributed by atoms with van der Waals surface area (Å²) >= 11 is 0. The summed E-state index contributed by atoms with van der Waals surface area (Å²) in [6, 6.07) is 8.42. The Labute approximate surface area is 79.3 Å². The lowest BCUT2D eigenvalue weighted by atomic mass is 9.77. The molecule has 0 aliphatic heterocycles. The largest absolute Gasteiger partial charge is 0.318 e. The lowest BCUT2D eigenvalue weighted by Crippen LogP contribution is -2.37. The summed E-state index contributed by atoms with van der Waals surface area (Å²) in [4.78, 5) is 0. The molecular weight excluding hydrogens is 158 g/mol. The van der Waals surface area contributed by atoms with E-state index in [1.807, 2.05) is 6.08 Å². The lowest BCUT2D eigenvalue weighted by Gasteiger charge is -2.32. The van der Waals surface area contributed by atoms with Gasteiger partial charge in [-0.25, -0.2) is 0 Å². The second kappa shape index (κ2) is 3.00. The summed E-state index contributed by atoms with van der Waals surface area (Å²) < 4.78 is 0. The van der Waals surface area contributed by atoms with Crippen LogP contribution in [0.3, 0.4) is 0 Å². The quantitative estimate of drug-likeness (QED) is 0.648. The Balaban J connectivity index is 2.54. The molecule has 68 valence electrons. The molecule has 1 heteroatoms. The molecule has 0 saturated heterocycles. The molecule has 0 heterocycles. The molecule has 1 nitrogen and oxygen atoms in total. The normalized spacial score (nSPS) is 26.5. The van der Waals surface area contributed by atoms with Gasteiger partial charge in [0.05, 0.1) is 5.54 Å². The van der Waals surface area contributed by atoms with Crippen LogP contribution < -0.4 is 5.73 Å². The van der Waals surface area contributed by atoms with Crippen LogP contribution in [-0.2, 0) is 12.0 Å². The van der Waals surface area contributed by atoms with E-state index >= 15 is 0 Å². The zero-order valence-electron chi connectivity index (χ0n) is 7.79. The van der Waals surface area contributed by atoms with Crippen LogP contribution in [0.1, 0.15) is 24.0 Å². The first kappa shape index (κ1) is 8.52. The zero-order valence-corrected chi connectivity index (χ0v) is 7.79. The molecule has 2 rings (SSSR count). The van der Waals surface area contributed by atoms with Crippen molar-refractivity contribution in [3.8, 4) is 0 Å². The van der Waals surface area contributed by atoms with E-state index in [4.69, 9.17) is 5.73 Å². The van der Waals surface area contributed by atoms with Crippen LogP contribution in [0.4, 0.5) is 0 Å². The van der Waals surface area contributed by atoms with Crippen LogP contribution in [0, 0.1) is 0 Å². The average molecular weight is 173 g/mol. The highest BCUT2D eigenvalue weighted by molar-refractivity contribution is 5.38. The second-order valence-electron chi connectivity index (χ2n) is 3.76. The summed E-state index contributed by atoms with van der Waals surface area (Å²) in [5, 5.41) is 0. The van der Waals surface area contributed by atoms with Gasteiger partial charge in [-0.2, -0.15) is 0 Å². The van der Waals surface area contributed by atoms with E-state index in [2.05, 4.69) is 30.8 Å². The topological polar surface area (TPSA) is 26.0 Å². The van der Waals surface area contributed by atoms with Gasteiger partial charge < -0.3 is 5.73 Å². The van der Waals surface area contributed by atoms with E-state index in [1.54, 1.807) is 0 Å². The van der Waals surface area contributed by atoms with Crippen LogP contribution in [0.2, 0.25) is 0 Å². The monoisotopic (exact) mass is 173 g/mol. The number of benzene rings is 1. The maximum atomic E-state index is 6.25. The molecule has 1 aliphatic rings. The molecule has 0 amide bonds. The number of nitrogens with two attached hydrogens (primary N) is 1. The third-order valence-corrected chi connectivity index (χ3v) is 2.92. The molecule has 13 heavy (non-hydrogen) atoms. The fraction of sp³-hybridized carbons (Fsp3) is 0.333. The van der Waals surface area contributed by atoms with Gasteiger partial charge in [-0.05, 0) is 30.4 Å². The number of aryl methyl sites for hydroxylation is 1. The third-order valence-electron chi connectivity index (χ3n) is 2.92. The van der Waals surface area contributed by atoms with E-state index in [0.717, 1.165) is 12.8 Å². The van der Waals surface area contributed by atoms with Crippen molar-refractivity contribution in [1.82, 2.24) is 0 Å². The predicted octanol–water partition coefficient (Wildman–Crippen LogP) is 2.36. The van der Waals surface area contributed by atoms with E-state index in [1.165, 1.54) is 17.5 Å². The number of rotatable bonds is 1. The summed E-state index contributed by atoms with van der Waals surface area (Å²) in [5.74, 6) is 0. The Hall–Kier alpha value is -1.08. The highest BCUT2D eigenvalue weighted by atomic mass is 14.7. The molecule has 0 saturated carbocycles. The van der Waals surface area contributed by atoms with E-state index in [0.29, 0.717) is 0 Å². The van der Waals surface area contributed by atoms with Crippen molar-refractivity contribution >= 4 is 0 Å². The Morgan fingerprint density at radius 3 is 2.92 bits per heavy atom. The maximum Gasteiger partial charge on any atom is 0.0595 e. The number of fused-ring (bicyclic) bond motifs is 1. The number of hydrogen-bond acceptors (Lipinski definition) is 1. The summed E-state index contributed by atoms with van der Waals surface area (Å²) in [7, 11) is 0. The van der Waals surface area contributed by atoms with Gasteiger partial charge in [-0.3, -0.25) is 0 Å². The molecule has 1 aromatic carbocycles. The van der Waals surface area contributed by atoms with Gasteiger partial charge in [0.2, 0.25) is 0 Å². The lowest BCUT2D eigenvalue weighted by molar-refractivity contribution is 0.459. The SMILES string of the molecule is C=CC1(N)CCCc2ccccc21. The predicted molar refractivity (Wildman–Crippen MR) is 55.4 cm³/mol. The van der Waals surface area contributed by atoms with Crippen molar-refractivity contribution in [3.63, 3.8) is 0 Å². The van der Waals surface area contributed by atoms with Crippen LogP contribution >= 0.6 is 0 Å². The number of hydrogen-bond donors (Lipinski definition) is 1. The first-order chi connectivity index (χ1) is 6.26. The van der Waals surface area contributed by atoms with Crippen molar-refractivity contribution < 1.29 is 0 Å². The first-order valence-electron chi connectivity index (χ1n) is 4.77. The smallest absolute Gasteiger partial charge is 0.0595 e. The van der Waals surface area contributed by atoms with Gasteiger partial charge >= 0.3 is 0 Å². The van der Waals surface area contributed by atoms with Crippen molar-refractivity contribution in [1.29, 1.82) is 0 Å². The molecule has 1 unspecified atom stereocenters. The van der Waals surface area contributed by atoms with Crippen molar-refractivity contribution in [3.05, 3.63) is 48.0 Å². The molecule has 1 aromatic rings. The highest BCUT2D eigenvalue weighted by Crippen LogP contribution is 2.33. The Morgan fingerprint density at radius 2 is 2.15 bits per heavy atom. The zero-order chi connectivity index (χ0) is 9.31. The average Bonchev–Trinajstić information content (AvgIpc) is 2.19. The minimum atomic E-state index is -0.283. The van der Waals surface area contributed by atoms with Gasteiger partial charge in [0.25, 0.3) is 0 Å². The molecule has 0 aromatic heterocycles. The van der Waals surface area contributed by atoms with Gasteiger partial charge in [0.15, 0.2) is 0 Å². The van der Waals surface area contributed by atoms with Crippen LogP contribution in [0.15, 0.2) is 36.9 Å². The minimum absolute atomic E-state index is 0.283. The Bertz CT molecular complexity index is 330. The van der Waals surface area contributed by atoms with Crippen molar-refractivity contribution in [2.45, 2.75) is 24.8 Å². The Morgan fingerprint density at radius 1 is 1.38 bits per heavy atom. The standard InChI is InChI=1S/C12H15N/c1-2-12(13)9-5-7-10-6-3-4-8-11(10)12/h2-4,6,8H,1,5,7,9,13H2. The minimum Gasteiger partial charge on any atom is -0.318 e. The summed E-state index contributed by atoms with van der Waals surface area (Å²) in [6.07, 6.45) is 5.22. The molecular formula is C12H15N. The Kier molecular flexibility index (Phi) is 1.97. The molecule has 1 aliphatic carbocycles. The summed E-state index contributed by atoms with van der Waals surface area (Å²) in [5.41, 5.74) is 8.61. The van der Waals surface area contributed by atoms with E-state index < -0.39 is 0 Å². The fourth-order valence-corrected chi connectivity index (χ4v) is 2.11. The van der Waals surface area contributed by atoms with Crippen LogP contribution in [0.25, 0.3) is 0 Å². The van der Waals surface area contributed by atoms with E-state index in [9.17, 15) is 0 Å². The van der Waals surface area contributed by atoms with E-state index in [-0.39, 0.29) is 5.54 Å². The third kappa shape index (κ3) is 1.29. The summed E-state index contributed by atoms with van der Waals surface area (Å²) in [6.45, 7) is 3.83. The van der Waals surface area contributed by atoms with Gasteiger partial charge in [0, 0.05) is 0 Å². The van der Waals surface area contributed by atoms with Crippen molar-refractivity contribution in [2.75, 3.05) is 0 Å². The molecule has 0 spiro atoms. The molecule has 0 bridgehead atoms. The fourth-order valence-electron chi connectivity index (χ4n) is 2.11. The maximum absolute atomic E-state index is 6.25. The van der Waals surface area contributed by atoms with Gasteiger partial charge in [0.1, 0.15) is 0 Å². The molecule has 0 radical (unpaired) electrons. The first-order valence-corrected chi connectivity index (χ1v) is 4.77. The molecule has 1 atom stereocenters. The second-order valence-corrected chi connectivity index (χ2v) is 3.76.